The van der Waals surface area contributed by atoms with Crippen LogP contribution in [0.3, 0.4) is 0 Å². The van der Waals surface area contributed by atoms with Gasteiger partial charge in [-0.1, -0.05) is 12.5 Å². The topological polar surface area (TPSA) is 30.9 Å². The second-order valence-corrected chi connectivity index (χ2v) is 6.98. The minimum Gasteiger partial charge on any atom is -0.493 e. The van der Waals surface area contributed by atoms with E-state index in [-0.39, 0.29) is 0 Å². The lowest BCUT2D eigenvalue weighted by Crippen LogP contribution is -2.47. The van der Waals surface area contributed by atoms with Gasteiger partial charge in [-0.15, -0.1) is 0 Å². The number of piperidine rings is 1. The Balaban J connectivity index is 1.70. The van der Waals surface area contributed by atoms with Crippen molar-refractivity contribution in [2.75, 3.05) is 34.4 Å². The molecule has 23 heavy (non-hydrogen) atoms. The lowest BCUT2D eigenvalue weighted by molar-refractivity contribution is -0.0366. The van der Waals surface area contributed by atoms with Gasteiger partial charge in [0.25, 0.3) is 0 Å². The van der Waals surface area contributed by atoms with E-state index in [0.29, 0.717) is 11.5 Å². The van der Waals surface area contributed by atoms with Crippen LogP contribution in [-0.4, -0.2) is 45.4 Å². The predicted octanol–water partition coefficient (Wildman–Crippen LogP) is 3.48. The fourth-order valence-corrected chi connectivity index (χ4v) is 4.57. The van der Waals surface area contributed by atoms with Crippen LogP contribution in [0.1, 0.15) is 37.7 Å². The smallest absolute Gasteiger partial charge is 0.161 e. The van der Waals surface area contributed by atoms with Crippen LogP contribution in [0.2, 0.25) is 0 Å². The Labute approximate surface area is 139 Å². The maximum Gasteiger partial charge on any atom is 0.161 e. The molecule has 1 spiro atoms. The normalized spacial score (nSPS) is 28.2. The summed E-state index contributed by atoms with van der Waals surface area (Å²) in [6.07, 6.45) is 6.87. The molecule has 2 atom stereocenters. The second kappa shape index (κ2) is 7.10. The van der Waals surface area contributed by atoms with Gasteiger partial charge in [0.1, 0.15) is 0 Å². The van der Waals surface area contributed by atoms with E-state index >= 15 is 0 Å². The van der Waals surface area contributed by atoms with Crippen molar-refractivity contribution in [2.24, 2.45) is 5.41 Å². The van der Waals surface area contributed by atoms with E-state index in [0.717, 1.165) is 24.6 Å². The van der Waals surface area contributed by atoms with Gasteiger partial charge in [-0.3, -0.25) is 4.90 Å². The van der Waals surface area contributed by atoms with Crippen LogP contribution in [0.5, 0.6) is 11.5 Å². The molecule has 4 heteroatoms. The number of hydrogen-bond acceptors (Lipinski definition) is 4. The number of methoxy groups -OCH3 is 3. The average Bonchev–Trinajstić information content (AvgIpc) is 2.96. The van der Waals surface area contributed by atoms with Crippen molar-refractivity contribution in [1.29, 1.82) is 0 Å². The molecule has 1 aromatic rings. The third kappa shape index (κ3) is 3.33. The van der Waals surface area contributed by atoms with Gasteiger partial charge in [0.15, 0.2) is 11.5 Å². The zero-order chi connectivity index (χ0) is 16.3. The molecule has 0 N–H and O–H groups in total. The molecular weight excluding hydrogens is 290 g/mol. The highest BCUT2D eigenvalue weighted by Gasteiger charge is 2.45. The van der Waals surface area contributed by atoms with E-state index in [1.165, 1.54) is 44.2 Å². The molecule has 4 nitrogen and oxygen atoms in total. The molecule has 1 heterocycles. The minimum atomic E-state index is 0.379. The Hall–Kier alpha value is -1.26. The maximum atomic E-state index is 5.81. The number of benzene rings is 1. The quantitative estimate of drug-likeness (QED) is 0.831. The minimum absolute atomic E-state index is 0.379. The van der Waals surface area contributed by atoms with Gasteiger partial charge in [-0.2, -0.15) is 0 Å². The van der Waals surface area contributed by atoms with Gasteiger partial charge in [-0.25, -0.2) is 0 Å². The monoisotopic (exact) mass is 319 g/mol. The summed E-state index contributed by atoms with van der Waals surface area (Å²) in [5.74, 6) is 1.61. The summed E-state index contributed by atoms with van der Waals surface area (Å²) in [4.78, 5) is 2.59. The van der Waals surface area contributed by atoms with E-state index in [4.69, 9.17) is 14.2 Å². The molecule has 2 aliphatic rings. The zero-order valence-corrected chi connectivity index (χ0v) is 14.6. The fourth-order valence-electron chi connectivity index (χ4n) is 4.57. The van der Waals surface area contributed by atoms with Gasteiger partial charge < -0.3 is 14.2 Å². The van der Waals surface area contributed by atoms with Crippen LogP contribution in [0.4, 0.5) is 0 Å². The van der Waals surface area contributed by atoms with E-state index in [2.05, 4.69) is 17.0 Å². The Kier molecular flexibility index (Phi) is 5.12. The highest BCUT2D eigenvalue weighted by Crippen LogP contribution is 2.46. The van der Waals surface area contributed by atoms with Crippen molar-refractivity contribution in [3.63, 3.8) is 0 Å². The molecule has 2 fully saturated rings. The molecule has 1 aliphatic heterocycles. The second-order valence-electron chi connectivity index (χ2n) is 6.98. The first-order valence-electron chi connectivity index (χ1n) is 8.67. The van der Waals surface area contributed by atoms with E-state index < -0.39 is 0 Å². The molecular formula is C19H29NO3. The number of nitrogens with zero attached hydrogens (tertiary/aromatic N) is 1. The van der Waals surface area contributed by atoms with Crippen LogP contribution in [0, 0.1) is 5.41 Å². The molecule has 1 aromatic carbocycles. The molecule has 1 saturated heterocycles. The fraction of sp³-hybridized carbons (Fsp3) is 0.684. The molecule has 0 amide bonds. The molecule has 0 aromatic heterocycles. The van der Waals surface area contributed by atoms with Crippen LogP contribution in [0.25, 0.3) is 0 Å². The average molecular weight is 319 g/mol. The van der Waals surface area contributed by atoms with Gasteiger partial charge in [0, 0.05) is 25.6 Å². The van der Waals surface area contributed by atoms with Gasteiger partial charge in [-0.05, 0) is 49.9 Å². The number of hydrogen-bond donors (Lipinski definition) is 0. The number of rotatable bonds is 5. The van der Waals surface area contributed by atoms with Gasteiger partial charge in [0.05, 0.1) is 20.3 Å². The van der Waals surface area contributed by atoms with Crippen molar-refractivity contribution < 1.29 is 14.2 Å². The first-order valence-corrected chi connectivity index (χ1v) is 8.67. The highest BCUT2D eigenvalue weighted by atomic mass is 16.5. The van der Waals surface area contributed by atoms with Crippen molar-refractivity contribution in [2.45, 2.75) is 44.8 Å². The first kappa shape index (κ1) is 16.6. The Bertz CT molecular complexity index is 533. The summed E-state index contributed by atoms with van der Waals surface area (Å²) in [5, 5.41) is 0. The molecule has 1 aliphatic carbocycles. The van der Waals surface area contributed by atoms with Gasteiger partial charge >= 0.3 is 0 Å². The van der Waals surface area contributed by atoms with Crippen molar-refractivity contribution in [3.8, 4) is 11.5 Å². The first-order chi connectivity index (χ1) is 11.2. The molecule has 0 radical (unpaired) electrons. The Morgan fingerprint density at radius 3 is 2.61 bits per heavy atom. The van der Waals surface area contributed by atoms with Crippen LogP contribution in [0.15, 0.2) is 18.2 Å². The van der Waals surface area contributed by atoms with E-state index in [9.17, 15) is 0 Å². The van der Waals surface area contributed by atoms with Crippen LogP contribution < -0.4 is 9.47 Å². The largest absolute Gasteiger partial charge is 0.493 e. The summed E-state index contributed by atoms with van der Waals surface area (Å²) < 4.78 is 16.6. The van der Waals surface area contributed by atoms with Crippen LogP contribution in [-0.2, 0) is 11.3 Å². The lowest BCUT2D eigenvalue weighted by atomic mass is 9.76. The van der Waals surface area contributed by atoms with Gasteiger partial charge in [0.2, 0.25) is 0 Å². The zero-order valence-electron chi connectivity index (χ0n) is 14.6. The third-order valence-corrected chi connectivity index (χ3v) is 5.65. The van der Waals surface area contributed by atoms with Crippen molar-refractivity contribution >= 4 is 0 Å². The third-order valence-electron chi connectivity index (χ3n) is 5.65. The Morgan fingerprint density at radius 2 is 1.87 bits per heavy atom. The van der Waals surface area contributed by atoms with Crippen LogP contribution >= 0.6 is 0 Å². The summed E-state index contributed by atoms with van der Waals surface area (Å²) >= 11 is 0. The van der Waals surface area contributed by atoms with E-state index in [1.54, 1.807) is 14.2 Å². The summed E-state index contributed by atoms with van der Waals surface area (Å²) in [6.45, 7) is 3.30. The molecule has 3 rings (SSSR count). The summed E-state index contributed by atoms with van der Waals surface area (Å²) in [6, 6.07) is 6.25. The predicted molar refractivity (Wildman–Crippen MR) is 91.1 cm³/mol. The number of likely N-dealkylation sites (tertiary alicyclic amines) is 1. The standard InChI is InChI=1S/C19H29NO3/c1-21-16-8-7-15(12-17(16)22-2)13-20-11-5-10-19(14-20)9-4-6-18(19)23-3/h7-8,12,18H,4-6,9-11,13-14H2,1-3H3/t18-,19+/m1/s1. The highest BCUT2D eigenvalue weighted by molar-refractivity contribution is 5.42. The lowest BCUT2D eigenvalue weighted by Gasteiger charge is -2.43. The summed E-state index contributed by atoms with van der Waals surface area (Å²) in [7, 11) is 5.25. The van der Waals surface area contributed by atoms with Crippen molar-refractivity contribution in [1.82, 2.24) is 4.90 Å². The molecule has 128 valence electrons. The molecule has 0 bridgehead atoms. The van der Waals surface area contributed by atoms with E-state index in [1.807, 2.05) is 13.2 Å². The maximum absolute atomic E-state index is 5.81. The summed E-state index contributed by atoms with van der Waals surface area (Å²) in [5.41, 5.74) is 1.66. The SMILES string of the molecule is COc1ccc(CN2CCC[C@@]3(CCC[C@H]3OC)C2)cc1OC. The van der Waals surface area contributed by atoms with Crippen molar-refractivity contribution in [3.05, 3.63) is 23.8 Å². The molecule has 0 unspecified atom stereocenters. The molecule has 1 saturated carbocycles. The Morgan fingerprint density at radius 1 is 1.09 bits per heavy atom. The number of ether oxygens (including phenoxy) is 3.